The zero-order valence-corrected chi connectivity index (χ0v) is 33.6. The van der Waals surface area contributed by atoms with Gasteiger partial charge in [0.1, 0.15) is 40.5 Å². The molecule has 4 heterocycles. The first-order valence-electron chi connectivity index (χ1n) is 17.3. The Kier molecular flexibility index (Phi) is 15.0. The number of aldehydes is 1. The van der Waals surface area contributed by atoms with Gasteiger partial charge in [-0.05, 0) is 86.1 Å². The summed E-state index contributed by atoms with van der Waals surface area (Å²) in [6.07, 6.45) is 4.12. The molecule has 8 rings (SSSR count). The number of nitrogens with two attached hydrogens (primary N) is 1. The minimum absolute atomic E-state index is 0.135. The van der Waals surface area contributed by atoms with Crippen molar-refractivity contribution in [1.29, 1.82) is 0 Å². The third-order valence-corrected chi connectivity index (χ3v) is 9.57. The second kappa shape index (κ2) is 20.3. The number of phenols is 2. The van der Waals surface area contributed by atoms with Gasteiger partial charge in [0, 0.05) is 44.3 Å². The maximum Gasteiger partial charge on any atom is 0.150 e. The molecule has 9 nitrogen and oxygen atoms in total. The standard InChI is InChI=1S/C22H17Cl2N3O.C9H7NO.C7H5ClO.C6H7ClN2/c1-13-18(24)10-11-19(26-13)27-20(15-4-7-16(23)8-5-15)17-9-6-14-3-2-12-25-21(14)22(17)28;11-8-5-1-3-7-4-2-6-10-9(7)8;8-7-3-1-6(5-9)2-4-7;1-4-5(7)2-3-6(8)9-4/h2-12,20,28H,1H3,(H,26,27);1-6,11H;1-5H;2-3H,1H3,(H2,8,9). The van der Waals surface area contributed by atoms with Crippen molar-refractivity contribution in [1.82, 2.24) is 19.9 Å². The number of carbonyl (C=O) groups excluding carboxylic acids is 1. The van der Waals surface area contributed by atoms with Crippen LogP contribution >= 0.6 is 46.4 Å². The molecule has 0 bridgehead atoms. The Hall–Kier alpha value is -5.97. The molecule has 0 saturated carbocycles. The first kappa shape index (κ1) is 42.2. The summed E-state index contributed by atoms with van der Waals surface area (Å²) in [4.78, 5) is 26.9. The van der Waals surface area contributed by atoms with E-state index in [1.807, 2.05) is 86.6 Å². The highest BCUT2D eigenvalue weighted by Crippen LogP contribution is 2.37. The minimum Gasteiger partial charge on any atom is -0.506 e. The Morgan fingerprint density at radius 2 is 1.19 bits per heavy atom. The van der Waals surface area contributed by atoms with Crippen molar-refractivity contribution in [2.75, 3.05) is 11.1 Å². The SMILES string of the molecule is Cc1nc(N)ccc1Cl.Cc1nc(NC(c2ccc(Cl)cc2)c2ccc3cccnc3c2O)ccc1Cl.O=Cc1ccc(Cl)cc1.Oc1cccc2cccnc12. The van der Waals surface area contributed by atoms with Gasteiger partial charge in [0.15, 0.2) is 0 Å². The lowest BCUT2D eigenvalue weighted by Gasteiger charge is -2.22. The van der Waals surface area contributed by atoms with Gasteiger partial charge in [-0.15, -0.1) is 0 Å². The lowest BCUT2D eigenvalue weighted by molar-refractivity contribution is 0.112. The fourth-order valence-corrected chi connectivity index (χ4v) is 5.80. The van der Waals surface area contributed by atoms with Gasteiger partial charge < -0.3 is 21.3 Å². The van der Waals surface area contributed by atoms with Crippen LogP contribution in [0.3, 0.4) is 0 Å². The molecule has 4 aromatic heterocycles. The van der Waals surface area contributed by atoms with Gasteiger partial charge in [0.05, 0.1) is 27.5 Å². The third-order valence-electron chi connectivity index (χ3n) is 8.27. The van der Waals surface area contributed by atoms with Crippen molar-refractivity contribution >= 4 is 86.1 Å². The lowest BCUT2D eigenvalue weighted by Crippen LogP contribution is -2.14. The number of phenolic OH excluding ortho intramolecular Hbond substituents is 2. The van der Waals surface area contributed by atoms with Crippen molar-refractivity contribution in [3.8, 4) is 11.5 Å². The van der Waals surface area contributed by atoms with Crippen LogP contribution in [0.15, 0.2) is 140 Å². The number of carbonyl (C=O) groups is 1. The highest BCUT2D eigenvalue weighted by Gasteiger charge is 2.21. The summed E-state index contributed by atoms with van der Waals surface area (Å²) >= 11 is 23.4. The Morgan fingerprint density at radius 3 is 1.77 bits per heavy atom. The van der Waals surface area contributed by atoms with Crippen molar-refractivity contribution < 1.29 is 15.0 Å². The van der Waals surface area contributed by atoms with Gasteiger partial charge in [-0.25, -0.2) is 9.97 Å². The first-order valence-corrected chi connectivity index (χ1v) is 18.8. The van der Waals surface area contributed by atoms with E-state index in [0.29, 0.717) is 53.9 Å². The summed E-state index contributed by atoms with van der Waals surface area (Å²) in [5.74, 6) is 1.54. The predicted molar refractivity (Wildman–Crippen MR) is 233 cm³/mol. The molecule has 0 radical (unpaired) electrons. The molecular formula is C44H36Cl4N6O3. The number of nitrogens with one attached hydrogen (secondary N) is 1. The van der Waals surface area contributed by atoms with Crippen LogP contribution in [-0.4, -0.2) is 36.4 Å². The fraction of sp³-hybridized carbons (Fsp3) is 0.0682. The lowest BCUT2D eigenvalue weighted by atomic mass is 9.96. The number of pyridine rings is 4. The summed E-state index contributed by atoms with van der Waals surface area (Å²) in [6.45, 7) is 3.67. The molecule has 0 aliphatic rings. The number of nitrogen functional groups attached to an aromatic ring is 1. The van der Waals surface area contributed by atoms with E-state index in [1.54, 1.807) is 67.0 Å². The average molecular weight is 839 g/mol. The number of anilines is 2. The number of fused-ring (bicyclic) bond motifs is 2. The molecule has 5 N–H and O–H groups in total. The highest BCUT2D eigenvalue weighted by molar-refractivity contribution is 6.31. The van der Waals surface area contributed by atoms with Crippen LogP contribution in [0.2, 0.25) is 20.1 Å². The van der Waals surface area contributed by atoms with E-state index in [-0.39, 0.29) is 17.5 Å². The maximum absolute atomic E-state index is 10.9. The molecule has 0 fully saturated rings. The Balaban J connectivity index is 0.000000173. The number of para-hydroxylation sites is 1. The summed E-state index contributed by atoms with van der Waals surface area (Å²) < 4.78 is 0. The molecule has 288 valence electrons. The van der Waals surface area contributed by atoms with E-state index >= 15 is 0 Å². The van der Waals surface area contributed by atoms with Gasteiger partial charge in [0.2, 0.25) is 0 Å². The smallest absolute Gasteiger partial charge is 0.150 e. The molecule has 0 aliphatic carbocycles. The van der Waals surface area contributed by atoms with Crippen LogP contribution in [0.1, 0.15) is 38.9 Å². The third kappa shape index (κ3) is 11.8. The zero-order valence-electron chi connectivity index (χ0n) is 30.6. The number of nitrogens with zero attached hydrogens (tertiary/aromatic N) is 4. The van der Waals surface area contributed by atoms with Gasteiger partial charge in [-0.3, -0.25) is 14.8 Å². The van der Waals surface area contributed by atoms with Crippen LogP contribution in [0.25, 0.3) is 21.8 Å². The number of benzene rings is 4. The molecule has 4 aromatic carbocycles. The quantitative estimate of drug-likeness (QED) is 0.124. The van der Waals surface area contributed by atoms with E-state index in [9.17, 15) is 15.0 Å². The fourth-order valence-electron chi connectivity index (χ4n) is 5.34. The van der Waals surface area contributed by atoms with Crippen molar-refractivity contribution in [3.63, 3.8) is 0 Å². The van der Waals surface area contributed by atoms with Gasteiger partial charge in [-0.2, -0.15) is 0 Å². The van der Waals surface area contributed by atoms with E-state index in [0.717, 1.165) is 34.0 Å². The number of aromatic nitrogens is 4. The maximum atomic E-state index is 10.9. The summed E-state index contributed by atoms with van der Waals surface area (Å²) in [6, 6.07) is 37.6. The molecule has 1 atom stereocenters. The topological polar surface area (TPSA) is 147 Å². The Labute approximate surface area is 349 Å². The van der Waals surface area contributed by atoms with Crippen LogP contribution in [0, 0.1) is 13.8 Å². The summed E-state index contributed by atoms with van der Waals surface area (Å²) in [5, 5.41) is 28.1. The van der Waals surface area contributed by atoms with Crippen molar-refractivity contribution in [2.45, 2.75) is 19.9 Å². The van der Waals surface area contributed by atoms with Crippen LogP contribution in [0.4, 0.5) is 11.6 Å². The number of rotatable bonds is 5. The van der Waals surface area contributed by atoms with Crippen molar-refractivity contribution in [3.05, 3.63) is 188 Å². The largest absolute Gasteiger partial charge is 0.506 e. The van der Waals surface area contributed by atoms with Gasteiger partial charge >= 0.3 is 0 Å². The molecule has 1 unspecified atom stereocenters. The predicted octanol–water partition coefficient (Wildman–Crippen LogP) is 11.9. The van der Waals surface area contributed by atoms with Crippen LogP contribution in [-0.2, 0) is 0 Å². The van der Waals surface area contributed by atoms with Crippen LogP contribution < -0.4 is 11.1 Å². The Morgan fingerprint density at radius 1 is 0.632 bits per heavy atom. The summed E-state index contributed by atoms with van der Waals surface area (Å²) in [7, 11) is 0. The molecule has 0 spiro atoms. The number of halogens is 4. The van der Waals surface area contributed by atoms with Gasteiger partial charge in [-0.1, -0.05) is 107 Å². The zero-order chi connectivity index (χ0) is 40.9. The second-order valence-corrected chi connectivity index (χ2v) is 14.0. The van der Waals surface area contributed by atoms with Crippen molar-refractivity contribution in [2.24, 2.45) is 0 Å². The Bertz CT molecular complexity index is 2590. The molecule has 0 aliphatic heterocycles. The molecule has 13 heteroatoms. The molecular weight excluding hydrogens is 802 g/mol. The number of aromatic hydroxyl groups is 2. The number of hydrogen-bond donors (Lipinski definition) is 4. The average Bonchev–Trinajstić information content (AvgIpc) is 3.22. The highest BCUT2D eigenvalue weighted by atomic mass is 35.5. The minimum atomic E-state index is -0.350. The van der Waals surface area contributed by atoms with E-state index in [2.05, 4.69) is 25.3 Å². The normalized spacial score (nSPS) is 10.8. The van der Waals surface area contributed by atoms with E-state index in [4.69, 9.17) is 52.1 Å². The molecule has 8 aromatic rings. The summed E-state index contributed by atoms with van der Waals surface area (Å²) in [5.41, 5.74) is 10.4. The molecule has 0 saturated heterocycles. The van der Waals surface area contributed by atoms with Crippen LogP contribution in [0.5, 0.6) is 11.5 Å². The van der Waals surface area contributed by atoms with Gasteiger partial charge in [0.25, 0.3) is 0 Å². The molecule has 57 heavy (non-hydrogen) atoms. The van der Waals surface area contributed by atoms with E-state index in [1.165, 1.54) is 0 Å². The van der Waals surface area contributed by atoms with E-state index < -0.39 is 0 Å². The second-order valence-electron chi connectivity index (χ2n) is 12.3. The monoisotopic (exact) mass is 836 g/mol. The number of hydrogen-bond acceptors (Lipinski definition) is 9. The first-order chi connectivity index (χ1) is 27.4. The number of aryl methyl sites for hydroxylation is 2. The molecule has 0 amide bonds.